The number of nitrogens with one attached hydrogen (secondary N) is 3. The molecular formula is C23H19N3O3S2. The van der Waals surface area contributed by atoms with Gasteiger partial charge in [-0.1, -0.05) is 48.5 Å². The molecule has 0 saturated heterocycles. The Balaban J connectivity index is 1.54. The average molecular weight is 450 g/mol. The molecule has 1 amide bonds. The van der Waals surface area contributed by atoms with E-state index in [0.29, 0.717) is 5.69 Å². The highest BCUT2D eigenvalue weighted by atomic mass is 32.2. The van der Waals surface area contributed by atoms with Crippen LogP contribution >= 0.6 is 11.3 Å². The summed E-state index contributed by atoms with van der Waals surface area (Å²) in [6, 6.07) is 26.5. The Bertz CT molecular complexity index is 1290. The number of carbonyl (C=O) groups is 1. The fourth-order valence-corrected chi connectivity index (χ4v) is 4.83. The van der Waals surface area contributed by atoms with Crippen LogP contribution in [0.3, 0.4) is 0 Å². The Morgan fingerprint density at radius 3 is 2.03 bits per heavy atom. The molecule has 4 aromatic rings. The third kappa shape index (κ3) is 4.93. The monoisotopic (exact) mass is 449 g/mol. The van der Waals surface area contributed by atoms with Gasteiger partial charge in [-0.05, 0) is 47.8 Å². The number of rotatable bonds is 7. The lowest BCUT2D eigenvalue weighted by Crippen LogP contribution is -2.17. The predicted octanol–water partition coefficient (Wildman–Crippen LogP) is 5.54. The quantitative estimate of drug-likeness (QED) is 0.345. The molecule has 31 heavy (non-hydrogen) atoms. The number of anilines is 4. The Morgan fingerprint density at radius 1 is 0.710 bits per heavy atom. The fourth-order valence-electron chi connectivity index (χ4n) is 2.93. The molecule has 0 radical (unpaired) electrons. The van der Waals surface area contributed by atoms with Crippen molar-refractivity contribution in [1.29, 1.82) is 0 Å². The van der Waals surface area contributed by atoms with E-state index in [2.05, 4.69) is 15.4 Å². The van der Waals surface area contributed by atoms with Crippen LogP contribution in [0.1, 0.15) is 9.67 Å². The molecule has 8 heteroatoms. The molecule has 1 aromatic heterocycles. The van der Waals surface area contributed by atoms with E-state index >= 15 is 0 Å². The third-order valence-electron chi connectivity index (χ3n) is 4.40. The summed E-state index contributed by atoms with van der Waals surface area (Å²) in [7, 11) is -3.80. The zero-order valence-electron chi connectivity index (χ0n) is 16.3. The number of carbonyl (C=O) groups excluding carboxylic acids is 1. The molecule has 1 heterocycles. The van der Waals surface area contributed by atoms with Gasteiger partial charge in [-0.25, -0.2) is 8.42 Å². The van der Waals surface area contributed by atoms with Gasteiger partial charge in [-0.15, -0.1) is 11.3 Å². The van der Waals surface area contributed by atoms with E-state index in [0.717, 1.165) is 22.7 Å². The highest BCUT2D eigenvalue weighted by Gasteiger charge is 2.20. The number of benzene rings is 3. The van der Waals surface area contributed by atoms with Gasteiger partial charge in [0.05, 0.1) is 22.0 Å². The molecule has 156 valence electrons. The van der Waals surface area contributed by atoms with E-state index in [4.69, 9.17) is 0 Å². The van der Waals surface area contributed by atoms with Crippen molar-refractivity contribution in [3.05, 3.63) is 101 Å². The molecule has 0 fully saturated rings. The van der Waals surface area contributed by atoms with Crippen LogP contribution in [0.15, 0.2) is 101 Å². The van der Waals surface area contributed by atoms with E-state index in [1.54, 1.807) is 35.7 Å². The van der Waals surface area contributed by atoms with E-state index in [1.165, 1.54) is 12.1 Å². The Labute approximate surface area is 184 Å². The molecule has 6 nitrogen and oxygen atoms in total. The first-order valence-electron chi connectivity index (χ1n) is 9.41. The van der Waals surface area contributed by atoms with Crippen molar-refractivity contribution >= 4 is 50.0 Å². The first kappa shape index (κ1) is 20.6. The summed E-state index contributed by atoms with van der Waals surface area (Å²) >= 11 is 1.16. The molecule has 0 aliphatic rings. The fraction of sp³-hybridized carbons (Fsp3) is 0. The summed E-state index contributed by atoms with van der Waals surface area (Å²) in [4.78, 5) is 13.4. The minimum Gasteiger partial charge on any atom is -0.354 e. The van der Waals surface area contributed by atoms with Gasteiger partial charge in [0.2, 0.25) is 0 Å². The number of para-hydroxylation sites is 3. The van der Waals surface area contributed by atoms with Crippen molar-refractivity contribution in [3.8, 4) is 0 Å². The molecule has 0 atom stereocenters. The summed E-state index contributed by atoms with van der Waals surface area (Å²) in [6.07, 6.45) is 0. The van der Waals surface area contributed by atoms with Gasteiger partial charge in [-0.2, -0.15) is 0 Å². The maximum atomic E-state index is 13.0. The Morgan fingerprint density at radius 2 is 1.32 bits per heavy atom. The Hall–Kier alpha value is -3.62. The minimum absolute atomic E-state index is 0.130. The topological polar surface area (TPSA) is 87.3 Å². The zero-order chi connectivity index (χ0) is 21.7. The molecule has 0 saturated carbocycles. The SMILES string of the molecule is O=C(Nc1ccccc1Nc1ccccc1)c1sccc1NS(=O)(=O)c1ccccc1. The van der Waals surface area contributed by atoms with Crippen molar-refractivity contribution in [1.82, 2.24) is 0 Å². The van der Waals surface area contributed by atoms with Crippen LogP contribution in [-0.4, -0.2) is 14.3 Å². The van der Waals surface area contributed by atoms with Crippen molar-refractivity contribution in [2.75, 3.05) is 15.4 Å². The molecular weight excluding hydrogens is 430 g/mol. The number of sulfonamides is 1. The van der Waals surface area contributed by atoms with Crippen LogP contribution in [0.5, 0.6) is 0 Å². The average Bonchev–Trinajstić information content (AvgIpc) is 3.24. The van der Waals surface area contributed by atoms with Gasteiger partial charge in [0.25, 0.3) is 15.9 Å². The van der Waals surface area contributed by atoms with Crippen LogP contribution in [0.4, 0.5) is 22.7 Å². The third-order valence-corrected chi connectivity index (χ3v) is 6.69. The lowest BCUT2D eigenvalue weighted by Gasteiger charge is -2.14. The number of thiophene rings is 1. The smallest absolute Gasteiger partial charge is 0.267 e. The van der Waals surface area contributed by atoms with Gasteiger partial charge in [0.15, 0.2) is 0 Å². The van der Waals surface area contributed by atoms with Crippen molar-refractivity contribution in [2.45, 2.75) is 4.90 Å². The Kier molecular flexibility index (Phi) is 6.01. The summed E-state index contributed by atoms with van der Waals surface area (Å²) < 4.78 is 27.8. The lowest BCUT2D eigenvalue weighted by atomic mass is 10.2. The van der Waals surface area contributed by atoms with E-state index in [1.807, 2.05) is 48.5 Å². The van der Waals surface area contributed by atoms with Crippen LogP contribution < -0.4 is 15.4 Å². The molecule has 3 aromatic carbocycles. The number of hydrogen-bond acceptors (Lipinski definition) is 5. The second-order valence-electron chi connectivity index (χ2n) is 6.57. The highest BCUT2D eigenvalue weighted by Crippen LogP contribution is 2.29. The highest BCUT2D eigenvalue weighted by molar-refractivity contribution is 7.92. The number of hydrogen-bond donors (Lipinski definition) is 3. The molecule has 0 aliphatic carbocycles. The van der Waals surface area contributed by atoms with Crippen molar-refractivity contribution in [3.63, 3.8) is 0 Å². The van der Waals surface area contributed by atoms with Gasteiger partial charge in [0.1, 0.15) is 4.88 Å². The standard InChI is InChI=1S/C23H19N3O3S2/c27-23(25-20-14-8-7-13-19(20)24-17-9-3-1-4-10-17)22-21(15-16-30-22)26-31(28,29)18-11-5-2-6-12-18/h1-16,24,26H,(H,25,27). The molecule has 3 N–H and O–H groups in total. The molecule has 0 unspecified atom stereocenters. The summed E-state index contributed by atoms with van der Waals surface area (Å²) in [5.41, 5.74) is 2.43. The summed E-state index contributed by atoms with van der Waals surface area (Å²) in [5, 5.41) is 7.82. The van der Waals surface area contributed by atoms with Crippen LogP contribution in [-0.2, 0) is 10.0 Å². The van der Waals surface area contributed by atoms with Gasteiger partial charge in [-0.3, -0.25) is 9.52 Å². The predicted molar refractivity (Wildman–Crippen MR) is 126 cm³/mol. The molecule has 4 rings (SSSR count). The minimum atomic E-state index is -3.80. The maximum Gasteiger partial charge on any atom is 0.267 e. The normalized spacial score (nSPS) is 11.0. The van der Waals surface area contributed by atoms with E-state index in [9.17, 15) is 13.2 Å². The zero-order valence-corrected chi connectivity index (χ0v) is 17.9. The number of amides is 1. The van der Waals surface area contributed by atoms with Crippen molar-refractivity contribution < 1.29 is 13.2 Å². The lowest BCUT2D eigenvalue weighted by molar-refractivity contribution is 0.103. The second-order valence-corrected chi connectivity index (χ2v) is 9.17. The largest absolute Gasteiger partial charge is 0.354 e. The van der Waals surface area contributed by atoms with Gasteiger partial charge >= 0.3 is 0 Å². The first-order valence-corrected chi connectivity index (χ1v) is 11.8. The van der Waals surface area contributed by atoms with Crippen LogP contribution in [0.25, 0.3) is 0 Å². The summed E-state index contributed by atoms with van der Waals surface area (Å²) in [6.45, 7) is 0. The van der Waals surface area contributed by atoms with Gasteiger partial charge in [0, 0.05) is 5.69 Å². The molecule has 0 aliphatic heterocycles. The summed E-state index contributed by atoms with van der Waals surface area (Å²) in [5.74, 6) is -0.400. The van der Waals surface area contributed by atoms with Gasteiger partial charge < -0.3 is 10.6 Å². The van der Waals surface area contributed by atoms with Crippen LogP contribution in [0.2, 0.25) is 0 Å². The second kappa shape index (κ2) is 9.03. The van der Waals surface area contributed by atoms with E-state index in [-0.39, 0.29) is 15.5 Å². The first-order chi connectivity index (χ1) is 15.0. The van der Waals surface area contributed by atoms with E-state index < -0.39 is 15.9 Å². The molecule has 0 bridgehead atoms. The maximum absolute atomic E-state index is 13.0. The van der Waals surface area contributed by atoms with Crippen molar-refractivity contribution in [2.24, 2.45) is 0 Å². The molecule has 0 spiro atoms. The van der Waals surface area contributed by atoms with Crippen LogP contribution in [0, 0.1) is 0 Å².